The minimum absolute atomic E-state index is 0.674. The number of anilines is 1. The molecule has 0 radical (unpaired) electrons. The van der Waals surface area contributed by atoms with E-state index in [1.165, 1.54) is 5.56 Å². The smallest absolute Gasteiger partial charge is 0.221 e. The van der Waals surface area contributed by atoms with Crippen molar-refractivity contribution in [2.75, 3.05) is 12.4 Å². The molecule has 0 aliphatic carbocycles. The molecule has 4 nitrogen and oxygen atoms in total. The fraction of sp³-hybridized carbons (Fsp3) is 0.111. The fourth-order valence-corrected chi connectivity index (χ4v) is 2.28. The van der Waals surface area contributed by atoms with Crippen molar-refractivity contribution in [3.05, 3.63) is 72.3 Å². The van der Waals surface area contributed by atoms with Gasteiger partial charge in [-0.3, -0.25) is 0 Å². The molecule has 22 heavy (non-hydrogen) atoms. The Hall–Kier alpha value is -2.88. The van der Waals surface area contributed by atoms with Gasteiger partial charge in [0.15, 0.2) is 5.82 Å². The zero-order valence-corrected chi connectivity index (χ0v) is 12.5. The van der Waals surface area contributed by atoms with Crippen molar-refractivity contribution >= 4 is 12.0 Å². The SMILES string of the molecule is C=Cc1ccc(Cn2nc(-c3ccccc3)nc2NC)cc1. The first-order chi connectivity index (χ1) is 10.8. The van der Waals surface area contributed by atoms with E-state index in [1.54, 1.807) is 0 Å². The summed E-state index contributed by atoms with van der Waals surface area (Å²) in [5.41, 5.74) is 3.30. The Balaban J connectivity index is 1.89. The second-order valence-corrected chi connectivity index (χ2v) is 4.98. The van der Waals surface area contributed by atoms with Crippen molar-refractivity contribution in [3.63, 3.8) is 0 Å². The maximum atomic E-state index is 4.61. The molecule has 0 atom stereocenters. The summed E-state index contributed by atoms with van der Waals surface area (Å²) in [6.45, 7) is 4.45. The Morgan fingerprint density at radius 2 is 1.82 bits per heavy atom. The third-order valence-corrected chi connectivity index (χ3v) is 3.48. The second kappa shape index (κ2) is 6.26. The molecule has 1 heterocycles. The summed E-state index contributed by atoms with van der Waals surface area (Å²) in [4.78, 5) is 4.55. The summed E-state index contributed by atoms with van der Waals surface area (Å²) in [5.74, 6) is 1.49. The first kappa shape index (κ1) is 14.1. The van der Waals surface area contributed by atoms with Gasteiger partial charge in [0.1, 0.15) is 0 Å². The van der Waals surface area contributed by atoms with Gasteiger partial charge in [-0.25, -0.2) is 4.68 Å². The predicted molar refractivity (Wildman–Crippen MR) is 90.6 cm³/mol. The zero-order valence-electron chi connectivity index (χ0n) is 12.5. The number of hydrogen-bond donors (Lipinski definition) is 1. The normalized spacial score (nSPS) is 10.4. The lowest BCUT2D eigenvalue weighted by Crippen LogP contribution is -2.06. The summed E-state index contributed by atoms with van der Waals surface area (Å²) in [6.07, 6.45) is 1.84. The molecule has 0 saturated heterocycles. The van der Waals surface area contributed by atoms with Gasteiger partial charge in [-0.1, -0.05) is 67.3 Å². The van der Waals surface area contributed by atoms with E-state index in [2.05, 4.69) is 46.2 Å². The summed E-state index contributed by atoms with van der Waals surface area (Å²) in [5, 5.41) is 7.71. The molecule has 0 aliphatic heterocycles. The molecule has 110 valence electrons. The summed E-state index contributed by atoms with van der Waals surface area (Å²) in [7, 11) is 1.86. The molecule has 0 fully saturated rings. The van der Waals surface area contributed by atoms with Gasteiger partial charge in [-0.05, 0) is 11.1 Å². The molecule has 0 bridgehead atoms. The first-order valence-electron chi connectivity index (χ1n) is 7.19. The van der Waals surface area contributed by atoms with Crippen LogP contribution in [0.2, 0.25) is 0 Å². The van der Waals surface area contributed by atoms with Crippen LogP contribution in [0.5, 0.6) is 0 Å². The van der Waals surface area contributed by atoms with Crippen molar-refractivity contribution < 1.29 is 0 Å². The third-order valence-electron chi connectivity index (χ3n) is 3.48. The van der Waals surface area contributed by atoms with Crippen LogP contribution in [0.15, 0.2) is 61.2 Å². The van der Waals surface area contributed by atoms with Crippen molar-refractivity contribution in [1.82, 2.24) is 14.8 Å². The highest BCUT2D eigenvalue weighted by atomic mass is 15.4. The standard InChI is InChI=1S/C18H18N4/c1-3-14-9-11-15(12-10-14)13-22-18(19-2)20-17(21-22)16-7-5-4-6-8-16/h3-12H,1,13H2,2H3,(H,19,20,21). The van der Waals surface area contributed by atoms with Gasteiger partial charge in [0, 0.05) is 12.6 Å². The van der Waals surface area contributed by atoms with E-state index in [1.807, 2.05) is 48.1 Å². The lowest BCUT2D eigenvalue weighted by atomic mass is 10.1. The average molecular weight is 290 g/mol. The van der Waals surface area contributed by atoms with Crippen LogP contribution in [-0.2, 0) is 6.54 Å². The molecule has 0 unspecified atom stereocenters. The molecule has 1 N–H and O–H groups in total. The van der Waals surface area contributed by atoms with Crippen molar-refractivity contribution in [1.29, 1.82) is 0 Å². The Labute approximate surface area is 130 Å². The van der Waals surface area contributed by atoms with E-state index in [0.29, 0.717) is 6.54 Å². The van der Waals surface area contributed by atoms with E-state index >= 15 is 0 Å². The van der Waals surface area contributed by atoms with Gasteiger partial charge in [0.25, 0.3) is 0 Å². The number of rotatable bonds is 5. The molecule has 0 aliphatic rings. The van der Waals surface area contributed by atoms with Gasteiger partial charge in [-0.15, -0.1) is 5.10 Å². The minimum Gasteiger partial charge on any atom is -0.357 e. The van der Waals surface area contributed by atoms with Crippen LogP contribution in [-0.4, -0.2) is 21.8 Å². The molecule has 4 heteroatoms. The lowest BCUT2D eigenvalue weighted by molar-refractivity contribution is 0.695. The van der Waals surface area contributed by atoms with E-state index in [4.69, 9.17) is 0 Å². The van der Waals surface area contributed by atoms with Crippen LogP contribution >= 0.6 is 0 Å². The number of aromatic nitrogens is 3. The van der Waals surface area contributed by atoms with Crippen molar-refractivity contribution in [2.45, 2.75) is 6.54 Å². The molecule has 0 saturated carbocycles. The molecule has 1 aromatic heterocycles. The Morgan fingerprint density at radius 1 is 1.09 bits per heavy atom. The first-order valence-corrected chi connectivity index (χ1v) is 7.19. The highest BCUT2D eigenvalue weighted by Gasteiger charge is 2.10. The molecule has 0 amide bonds. The van der Waals surface area contributed by atoms with E-state index in [0.717, 1.165) is 22.9 Å². The third kappa shape index (κ3) is 2.91. The topological polar surface area (TPSA) is 42.7 Å². The van der Waals surface area contributed by atoms with Crippen molar-refractivity contribution in [3.8, 4) is 11.4 Å². The number of benzene rings is 2. The van der Waals surface area contributed by atoms with Crippen LogP contribution in [0, 0.1) is 0 Å². The average Bonchev–Trinajstić information content (AvgIpc) is 2.99. The van der Waals surface area contributed by atoms with E-state index < -0.39 is 0 Å². The van der Waals surface area contributed by atoms with E-state index in [9.17, 15) is 0 Å². The monoisotopic (exact) mass is 290 g/mol. The van der Waals surface area contributed by atoms with Gasteiger partial charge >= 0.3 is 0 Å². The highest BCUT2D eigenvalue weighted by Crippen LogP contribution is 2.18. The predicted octanol–water partition coefficient (Wildman–Crippen LogP) is 3.68. The van der Waals surface area contributed by atoms with E-state index in [-0.39, 0.29) is 0 Å². The van der Waals surface area contributed by atoms with Gasteiger partial charge < -0.3 is 5.32 Å². The molecular weight excluding hydrogens is 272 g/mol. The van der Waals surface area contributed by atoms with Gasteiger partial charge in [0.05, 0.1) is 6.54 Å². The number of nitrogens with zero attached hydrogens (tertiary/aromatic N) is 3. The van der Waals surface area contributed by atoms with Crippen molar-refractivity contribution in [2.24, 2.45) is 0 Å². The van der Waals surface area contributed by atoms with Crippen LogP contribution in [0.1, 0.15) is 11.1 Å². The van der Waals surface area contributed by atoms with Crippen LogP contribution < -0.4 is 5.32 Å². The molecule has 3 aromatic rings. The number of nitrogens with one attached hydrogen (secondary N) is 1. The molecule has 0 spiro atoms. The van der Waals surface area contributed by atoms with Crippen LogP contribution in [0.25, 0.3) is 17.5 Å². The second-order valence-electron chi connectivity index (χ2n) is 4.98. The Bertz CT molecular complexity index is 758. The minimum atomic E-state index is 0.674. The molecule has 3 rings (SSSR count). The largest absolute Gasteiger partial charge is 0.357 e. The Morgan fingerprint density at radius 3 is 2.45 bits per heavy atom. The fourth-order valence-electron chi connectivity index (χ4n) is 2.28. The maximum Gasteiger partial charge on any atom is 0.221 e. The molecular formula is C18H18N4. The Kier molecular flexibility index (Phi) is 4.01. The summed E-state index contributed by atoms with van der Waals surface area (Å²) in [6, 6.07) is 18.3. The van der Waals surface area contributed by atoms with Gasteiger partial charge in [0.2, 0.25) is 5.95 Å². The quantitative estimate of drug-likeness (QED) is 0.779. The highest BCUT2D eigenvalue weighted by molar-refractivity contribution is 5.56. The zero-order chi connectivity index (χ0) is 15.4. The molecule has 2 aromatic carbocycles. The summed E-state index contributed by atoms with van der Waals surface area (Å²) >= 11 is 0. The lowest BCUT2D eigenvalue weighted by Gasteiger charge is -2.05. The number of hydrogen-bond acceptors (Lipinski definition) is 3. The van der Waals surface area contributed by atoms with Gasteiger partial charge in [-0.2, -0.15) is 4.98 Å². The maximum absolute atomic E-state index is 4.61. The van der Waals surface area contributed by atoms with Crippen LogP contribution in [0.3, 0.4) is 0 Å². The van der Waals surface area contributed by atoms with Crippen LogP contribution in [0.4, 0.5) is 5.95 Å². The summed E-state index contributed by atoms with van der Waals surface area (Å²) < 4.78 is 1.88.